The van der Waals surface area contributed by atoms with Gasteiger partial charge in [0.25, 0.3) is 0 Å². The van der Waals surface area contributed by atoms with Crippen molar-refractivity contribution < 1.29 is 9.53 Å². The van der Waals surface area contributed by atoms with Crippen LogP contribution in [0.4, 0.5) is 0 Å². The second kappa shape index (κ2) is 8.27. The first-order valence-electron chi connectivity index (χ1n) is 8.34. The number of esters is 1. The summed E-state index contributed by atoms with van der Waals surface area (Å²) in [5, 5.41) is 0. The first-order chi connectivity index (χ1) is 12.2. The maximum absolute atomic E-state index is 12.6. The molecule has 25 heavy (non-hydrogen) atoms. The van der Waals surface area contributed by atoms with Crippen molar-refractivity contribution in [2.45, 2.75) is 18.6 Å². The largest absolute Gasteiger partial charge is 0.451 e. The minimum absolute atomic E-state index is 0.401. The van der Waals surface area contributed by atoms with E-state index < -0.39 is 18.1 Å². The molecule has 0 aliphatic rings. The van der Waals surface area contributed by atoms with E-state index >= 15 is 0 Å². The van der Waals surface area contributed by atoms with Gasteiger partial charge in [0.1, 0.15) is 6.04 Å². The molecule has 0 spiro atoms. The lowest BCUT2D eigenvalue weighted by atomic mass is 10.0. The minimum atomic E-state index is -0.697. The molecule has 0 amide bonds. The second-order valence-electron chi connectivity index (χ2n) is 5.93. The monoisotopic (exact) mass is 331 g/mol. The smallest absolute Gasteiger partial charge is 0.324 e. The Morgan fingerprint density at radius 2 is 1.20 bits per heavy atom. The SMILES string of the molecule is NC(Cc1ccccc1)C(=O)OC(c1ccccc1)c1ccccc1. The van der Waals surface area contributed by atoms with E-state index in [0.29, 0.717) is 6.42 Å². The molecule has 1 unspecified atom stereocenters. The van der Waals surface area contributed by atoms with Crippen molar-refractivity contribution >= 4 is 5.97 Å². The second-order valence-corrected chi connectivity index (χ2v) is 5.93. The summed E-state index contributed by atoms with van der Waals surface area (Å²) in [6.07, 6.45) is -0.00703. The molecule has 0 aliphatic carbocycles. The molecule has 3 rings (SSSR count). The molecule has 2 N–H and O–H groups in total. The van der Waals surface area contributed by atoms with E-state index in [1.807, 2.05) is 91.0 Å². The summed E-state index contributed by atoms with van der Waals surface area (Å²) < 4.78 is 5.79. The molecule has 0 saturated heterocycles. The number of ether oxygens (including phenoxy) is 1. The Bertz CT molecular complexity index is 749. The number of rotatable bonds is 6. The first-order valence-corrected chi connectivity index (χ1v) is 8.34. The van der Waals surface area contributed by atoms with Crippen LogP contribution in [0.5, 0.6) is 0 Å². The molecule has 1 atom stereocenters. The van der Waals surface area contributed by atoms with E-state index in [9.17, 15) is 4.79 Å². The molecular formula is C22H21NO2. The summed E-state index contributed by atoms with van der Waals surface area (Å²) in [4.78, 5) is 12.6. The average molecular weight is 331 g/mol. The van der Waals surface area contributed by atoms with Gasteiger partial charge in [0.05, 0.1) is 0 Å². The maximum atomic E-state index is 12.6. The van der Waals surface area contributed by atoms with E-state index in [1.165, 1.54) is 0 Å². The van der Waals surface area contributed by atoms with E-state index in [0.717, 1.165) is 16.7 Å². The van der Waals surface area contributed by atoms with E-state index in [-0.39, 0.29) is 0 Å². The van der Waals surface area contributed by atoms with Crippen molar-refractivity contribution in [1.29, 1.82) is 0 Å². The van der Waals surface area contributed by atoms with Crippen molar-refractivity contribution in [3.05, 3.63) is 108 Å². The summed E-state index contributed by atoms with van der Waals surface area (Å²) in [7, 11) is 0. The molecule has 0 heterocycles. The molecule has 0 fully saturated rings. The highest BCUT2D eigenvalue weighted by atomic mass is 16.5. The maximum Gasteiger partial charge on any atom is 0.324 e. The number of hydrogen-bond acceptors (Lipinski definition) is 3. The third-order valence-corrected chi connectivity index (χ3v) is 4.04. The van der Waals surface area contributed by atoms with Crippen LogP contribution in [0.2, 0.25) is 0 Å². The summed E-state index contributed by atoms with van der Waals surface area (Å²) >= 11 is 0. The molecule has 3 heteroatoms. The van der Waals surface area contributed by atoms with Crippen LogP contribution in [0.1, 0.15) is 22.8 Å². The van der Waals surface area contributed by atoms with Gasteiger partial charge in [-0.1, -0.05) is 91.0 Å². The Kier molecular flexibility index (Phi) is 5.60. The first kappa shape index (κ1) is 16.9. The van der Waals surface area contributed by atoms with Crippen LogP contribution in [0.25, 0.3) is 0 Å². The van der Waals surface area contributed by atoms with Crippen LogP contribution in [0, 0.1) is 0 Å². The highest BCUT2D eigenvalue weighted by Gasteiger charge is 2.23. The fourth-order valence-corrected chi connectivity index (χ4v) is 2.74. The van der Waals surface area contributed by atoms with Gasteiger partial charge in [-0.2, -0.15) is 0 Å². The number of benzene rings is 3. The highest BCUT2D eigenvalue weighted by Crippen LogP contribution is 2.26. The lowest BCUT2D eigenvalue weighted by Gasteiger charge is -2.21. The quantitative estimate of drug-likeness (QED) is 0.697. The van der Waals surface area contributed by atoms with Gasteiger partial charge in [0.2, 0.25) is 0 Å². The average Bonchev–Trinajstić information content (AvgIpc) is 2.68. The predicted molar refractivity (Wildman–Crippen MR) is 98.9 cm³/mol. The summed E-state index contributed by atoms with van der Waals surface area (Å²) in [5.41, 5.74) is 8.95. The minimum Gasteiger partial charge on any atom is -0.451 e. The van der Waals surface area contributed by atoms with Gasteiger partial charge in [0, 0.05) is 0 Å². The van der Waals surface area contributed by atoms with Crippen molar-refractivity contribution in [2.24, 2.45) is 5.73 Å². The zero-order chi connectivity index (χ0) is 17.5. The Labute approximate surface area is 148 Å². The zero-order valence-corrected chi connectivity index (χ0v) is 13.9. The number of carbonyl (C=O) groups is 1. The topological polar surface area (TPSA) is 52.3 Å². The zero-order valence-electron chi connectivity index (χ0n) is 13.9. The molecular weight excluding hydrogens is 310 g/mol. The lowest BCUT2D eigenvalue weighted by Crippen LogP contribution is -2.35. The van der Waals surface area contributed by atoms with Crippen LogP contribution < -0.4 is 5.73 Å². The fraction of sp³-hybridized carbons (Fsp3) is 0.136. The summed E-state index contributed by atoms with van der Waals surface area (Å²) in [5.74, 6) is -0.401. The van der Waals surface area contributed by atoms with E-state index in [2.05, 4.69) is 0 Å². The van der Waals surface area contributed by atoms with Crippen LogP contribution in [-0.4, -0.2) is 12.0 Å². The summed E-state index contributed by atoms with van der Waals surface area (Å²) in [6, 6.07) is 28.4. The Morgan fingerprint density at radius 1 is 0.760 bits per heavy atom. The molecule has 3 aromatic carbocycles. The molecule has 126 valence electrons. The molecule has 0 radical (unpaired) electrons. The Hall–Kier alpha value is -2.91. The highest BCUT2D eigenvalue weighted by molar-refractivity contribution is 5.76. The van der Waals surface area contributed by atoms with Gasteiger partial charge in [-0.05, 0) is 23.1 Å². The van der Waals surface area contributed by atoms with Gasteiger partial charge in [-0.15, -0.1) is 0 Å². The van der Waals surface area contributed by atoms with E-state index in [1.54, 1.807) is 0 Å². The molecule has 0 aromatic heterocycles. The van der Waals surface area contributed by atoms with Crippen molar-refractivity contribution in [3.8, 4) is 0 Å². The van der Waals surface area contributed by atoms with E-state index in [4.69, 9.17) is 10.5 Å². The standard InChI is InChI=1S/C22H21NO2/c23-20(16-17-10-4-1-5-11-17)22(24)25-21(18-12-6-2-7-13-18)19-14-8-3-9-15-19/h1-15,20-21H,16,23H2. The molecule has 3 nitrogen and oxygen atoms in total. The normalized spacial score (nSPS) is 11.9. The van der Waals surface area contributed by atoms with Gasteiger partial charge in [0.15, 0.2) is 6.10 Å². The number of nitrogens with two attached hydrogens (primary N) is 1. The number of hydrogen-bond donors (Lipinski definition) is 1. The third-order valence-electron chi connectivity index (χ3n) is 4.04. The van der Waals surface area contributed by atoms with Crippen molar-refractivity contribution in [1.82, 2.24) is 0 Å². The van der Waals surface area contributed by atoms with Crippen LogP contribution in [-0.2, 0) is 16.0 Å². The van der Waals surface area contributed by atoms with Gasteiger partial charge in [-0.3, -0.25) is 4.79 Å². The fourth-order valence-electron chi connectivity index (χ4n) is 2.74. The van der Waals surface area contributed by atoms with Crippen molar-refractivity contribution in [3.63, 3.8) is 0 Å². The third kappa shape index (κ3) is 4.55. The number of carbonyl (C=O) groups excluding carboxylic acids is 1. The molecule has 0 aliphatic heterocycles. The molecule has 0 saturated carbocycles. The molecule has 3 aromatic rings. The van der Waals surface area contributed by atoms with Gasteiger partial charge in [-0.25, -0.2) is 0 Å². The van der Waals surface area contributed by atoms with Crippen LogP contribution in [0.15, 0.2) is 91.0 Å². The van der Waals surface area contributed by atoms with Gasteiger partial charge >= 0.3 is 5.97 Å². The van der Waals surface area contributed by atoms with Gasteiger partial charge < -0.3 is 10.5 Å². The van der Waals surface area contributed by atoms with Crippen molar-refractivity contribution in [2.75, 3.05) is 0 Å². The Balaban J connectivity index is 1.77. The Morgan fingerprint density at radius 3 is 1.68 bits per heavy atom. The van der Waals surface area contributed by atoms with Crippen LogP contribution >= 0.6 is 0 Å². The summed E-state index contributed by atoms with van der Waals surface area (Å²) in [6.45, 7) is 0. The predicted octanol–water partition coefficient (Wildman–Crippen LogP) is 3.89. The molecule has 0 bridgehead atoms. The van der Waals surface area contributed by atoms with Crippen LogP contribution in [0.3, 0.4) is 0 Å². The lowest BCUT2D eigenvalue weighted by molar-refractivity contribution is -0.149.